The number of amides is 1. The van der Waals surface area contributed by atoms with Crippen LogP contribution in [-0.2, 0) is 6.54 Å². The van der Waals surface area contributed by atoms with Crippen LogP contribution in [0.4, 0.5) is 0 Å². The lowest BCUT2D eigenvalue weighted by atomic mass is 10.1. The molecule has 1 amide bonds. The molecule has 5 nitrogen and oxygen atoms in total. The Morgan fingerprint density at radius 3 is 2.90 bits per heavy atom. The molecular weight excluding hydrogens is 310 g/mol. The van der Waals surface area contributed by atoms with E-state index in [4.69, 9.17) is 17.3 Å². The van der Waals surface area contributed by atoms with Gasteiger partial charge in [-0.15, -0.1) is 0 Å². The summed E-state index contributed by atoms with van der Waals surface area (Å²) in [6.07, 6.45) is 0. The summed E-state index contributed by atoms with van der Waals surface area (Å²) < 4.78 is 0. The van der Waals surface area contributed by atoms with Gasteiger partial charge in [-0.2, -0.15) is 0 Å². The summed E-state index contributed by atoms with van der Waals surface area (Å²) >= 11 is 7.12. The third kappa shape index (κ3) is 4.20. The van der Waals surface area contributed by atoms with Crippen molar-refractivity contribution in [2.45, 2.75) is 6.54 Å². The summed E-state index contributed by atoms with van der Waals surface area (Å²) in [4.78, 5) is 25.4. The highest BCUT2D eigenvalue weighted by Crippen LogP contribution is 2.17. The first-order valence-electron chi connectivity index (χ1n) is 6.03. The largest absolute Gasteiger partial charge is 0.346 e. The molecule has 1 heterocycles. The van der Waals surface area contributed by atoms with Gasteiger partial charge in [0, 0.05) is 22.2 Å². The molecular formula is C14H12ClN3O2S. The van der Waals surface area contributed by atoms with E-state index in [-0.39, 0.29) is 23.9 Å². The van der Waals surface area contributed by atoms with Gasteiger partial charge < -0.3 is 16.0 Å². The third-order valence-electron chi connectivity index (χ3n) is 2.57. The molecule has 0 atom stereocenters. The third-order valence-corrected chi connectivity index (χ3v) is 3.60. The highest BCUT2D eigenvalue weighted by molar-refractivity contribution is 7.07. The fraction of sp³-hybridized carbons (Fsp3) is 0.143. The van der Waals surface area contributed by atoms with Crippen LogP contribution in [0.1, 0.15) is 21.6 Å². The number of aromatic nitrogens is 1. The van der Waals surface area contributed by atoms with E-state index in [1.807, 2.05) is 0 Å². The van der Waals surface area contributed by atoms with Gasteiger partial charge in [-0.1, -0.05) is 34.8 Å². The predicted octanol–water partition coefficient (Wildman–Crippen LogP) is 1.33. The first-order chi connectivity index (χ1) is 10.1. The minimum Gasteiger partial charge on any atom is -0.346 e. The van der Waals surface area contributed by atoms with Crippen molar-refractivity contribution in [3.63, 3.8) is 0 Å². The number of hydrogen-bond donors (Lipinski definition) is 3. The SMILES string of the molecule is NCC#Cc1ccc(C(=O)NCc2csc(=O)[nH]2)cc1Cl. The maximum Gasteiger partial charge on any atom is 0.304 e. The Morgan fingerprint density at radius 2 is 2.29 bits per heavy atom. The zero-order valence-corrected chi connectivity index (χ0v) is 12.5. The lowest BCUT2D eigenvalue weighted by Gasteiger charge is -2.05. The van der Waals surface area contributed by atoms with Crippen molar-refractivity contribution in [2.24, 2.45) is 5.73 Å². The summed E-state index contributed by atoms with van der Waals surface area (Å²) in [5.41, 5.74) is 7.01. The number of H-pyrrole nitrogens is 1. The number of thiazole rings is 1. The van der Waals surface area contributed by atoms with Crippen molar-refractivity contribution in [3.8, 4) is 11.8 Å². The molecule has 0 aliphatic carbocycles. The van der Waals surface area contributed by atoms with Gasteiger partial charge in [0.1, 0.15) is 0 Å². The second-order valence-corrected chi connectivity index (χ2v) is 5.31. The zero-order valence-electron chi connectivity index (χ0n) is 10.9. The van der Waals surface area contributed by atoms with Gasteiger partial charge in [0.15, 0.2) is 0 Å². The average Bonchev–Trinajstić information content (AvgIpc) is 2.89. The normalized spacial score (nSPS) is 9.81. The molecule has 0 bridgehead atoms. The number of rotatable bonds is 3. The molecule has 1 aromatic heterocycles. The van der Waals surface area contributed by atoms with Gasteiger partial charge in [0.2, 0.25) is 0 Å². The second-order valence-electron chi connectivity index (χ2n) is 4.06. The van der Waals surface area contributed by atoms with Gasteiger partial charge in [-0.3, -0.25) is 9.59 Å². The molecule has 108 valence electrons. The Kier molecular flexibility index (Phi) is 5.17. The topological polar surface area (TPSA) is 88.0 Å². The van der Waals surface area contributed by atoms with Crippen molar-refractivity contribution in [3.05, 3.63) is 55.1 Å². The maximum absolute atomic E-state index is 12.0. The highest BCUT2D eigenvalue weighted by Gasteiger charge is 2.08. The van der Waals surface area contributed by atoms with Crippen LogP contribution >= 0.6 is 22.9 Å². The number of halogens is 1. The quantitative estimate of drug-likeness (QED) is 0.745. The summed E-state index contributed by atoms with van der Waals surface area (Å²) in [7, 11) is 0. The lowest BCUT2D eigenvalue weighted by Crippen LogP contribution is -2.23. The standard InChI is InChI=1S/C14H12ClN3O2S/c15-12-6-10(4-3-9(12)2-1-5-16)13(19)17-7-11-8-21-14(20)18-11/h3-4,6,8H,5,7,16H2,(H,17,19)(H,18,20). The van der Waals surface area contributed by atoms with Crippen LogP contribution in [-0.4, -0.2) is 17.4 Å². The maximum atomic E-state index is 12.0. The lowest BCUT2D eigenvalue weighted by molar-refractivity contribution is 0.0950. The number of nitrogens with two attached hydrogens (primary N) is 1. The van der Waals surface area contributed by atoms with Crippen LogP contribution in [0.5, 0.6) is 0 Å². The van der Waals surface area contributed by atoms with Crippen LogP contribution in [0.3, 0.4) is 0 Å². The summed E-state index contributed by atoms with van der Waals surface area (Å²) in [6.45, 7) is 0.501. The van der Waals surface area contributed by atoms with E-state index in [0.29, 0.717) is 21.8 Å². The molecule has 0 saturated carbocycles. The van der Waals surface area contributed by atoms with E-state index in [0.717, 1.165) is 11.3 Å². The number of nitrogens with one attached hydrogen (secondary N) is 2. The van der Waals surface area contributed by atoms with Crippen LogP contribution in [0.15, 0.2) is 28.4 Å². The van der Waals surface area contributed by atoms with E-state index < -0.39 is 0 Å². The molecule has 4 N–H and O–H groups in total. The molecule has 0 radical (unpaired) electrons. The van der Waals surface area contributed by atoms with Crippen molar-refractivity contribution < 1.29 is 4.79 Å². The Balaban J connectivity index is 2.05. The van der Waals surface area contributed by atoms with Crippen LogP contribution in [0, 0.1) is 11.8 Å². The molecule has 0 aliphatic heterocycles. The van der Waals surface area contributed by atoms with Gasteiger partial charge in [-0.05, 0) is 18.2 Å². The molecule has 0 aliphatic rings. The fourth-order valence-corrected chi connectivity index (χ4v) is 2.39. The van der Waals surface area contributed by atoms with Crippen molar-refractivity contribution in [1.82, 2.24) is 10.3 Å². The Morgan fingerprint density at radius 1 is 1.48 bits per heavy atom. The molecule has 7 heteroatoms. The summed E-state index contributed by atoms with van der Waals surface area (Å²) in [5.74, 6) is 5.25. The molecule has 0 saturated heterocycles. The number of aromatic amines is 1. The molecule has 2 rings (SSSR count). The zero-order chi connectivity index (χ0) is 15.2. The van der Waals surface area contributed by atoms with Crippen molar-refractivity contribution in [2.75, 3.05) is 6.54 Å². The molecule has 1 aromatic carbocycles. The van der Waals surface area contributed by atoms with Gasteiger partial charge in [0.25, 0.3) is 5.91 Å². The van der Waals surface area contributed by atoms with Crippen LogP contribution in [0.2, 0.25) is 5.02 Å². The smallest absolute Gasteiger partial charge is 0.304 e. The van der Waals surface area contributed by atoms with Gasteiger partial charge in [-0.25, -0.2) is 0 Å². The van der Waals surface area contributed by atoms with E-state index in [9.17, 15) is 9.59 Å². The molecule has 0 fully saturated rings. The van der Waals surface area contributed by atoms with E-state index >= 15 is 0 Å². The van der Waals surface area contributed by atoms with Crippen LogP contribution in [0.25, 0.3) is 0 Å². The number of carbonyl (C=O) groups excluding carboxylic acids is 1. The first-order valence-corrected chi connectivity index (χ1v) is 7.29. The Labute approximate surface area is 130 Å². The molecule has 0 unspecified atom stereocenters. The van der Waals surface area contributed by atoms with Crippen molar-refractivity contribution >= 4 is 28.8 Å². The van der Waals surface area contributed by atoms with Gasteiger partial charge in [0.05, 0.1) is 18.1 Å². The van der Waals surface area contributed by atoms with E-state index in [1.165, 1.54) is 0 Å². The first kappa shape index (κ1) is 15.3. The molecule has 2 aromatic rings. The summed E-state index contributed by atoms with van der Waals surface area (Å²) in [6, 6.07) is 4.86. The van der Waals surface area contributed by atoms with E-state index in [1.54, 1.807) is 23.6 Å². The number of benzene rings is 1. The van der Waals surface area contributed by atoms with Crippen LogP contribution < -0.4 is 15.9 Å². The number of carbonyl (C=O) groups is 1. The van der Waals surface area contributed by atoms with Crippen molar-refractivity contribution in [1.29, 1.82) is 0 Å². The van der Waals surface area contributed by atoms with Gasteiger partial charge >= 0.3 is 4.87 Å². The monoisotopic (exact) mass is 321 g/mol. The number of hydrogen-bond acceptors (Lipinski definition) is 4. The molecule has 0 spiro atoms. The predicted molar refractivity (Wildman–Crippen MR) is 83.5 cm³/mol. The average molecular weight is 322 g/mol. The van der Waals surface area contributed by atoms with E-state index in [2.05, 4.69) is 22.1 Å². The fourth-order valence-electron chi connectivity index (χ4n) is 1.58. The Hall–Kier alpha value is -2.07. The minimum atomic E-state index is -0.276. The second kappa shape index (κ2) is 7.09. The summed E-state index contributed by atoms with van der Waals surface area (Å²) in [5, 5.41) is 4.76. The highest BCUT2D eigenvalue weighted by atomic mass is 35.5. The Bertz CT molecular complexity index is 770. The molecule has 21 heavy (non-hydrogen) atoms. The minimum absolute atomic E-state index is 0.148.